The minimum absolute atomic E-state index is 0.0500. The summed E-state index contributed by atoms with van der Waals surface area (Å²) in [7, 11) is 0. The fraction of sp³-hybridized carbons (Fsp3) is 0.571. The first kappa shape index (κ1) is 14.1. The topological polar surface area (TPSA) is 38.0 Å². The normalized spacial score (nSPS) is 26.0. The molecule has 0 amide bonds. The van der Waals surface area contributed by atoms with Crippen LogP contribution < -0.4 is 11.3 Å². The van der Waals surface area contributed by atoms with Crippen LogP contribution in [0.25, 0.3) is 0 Å². The fourth-order valence-corrected chi connectivity index (χ4v) is 3.68. The first-order valence-electron chi connectivity index (χ1n) is 6.53. The molecule has 3 atom stereocenters. The number of benzene rings is 1. The van der Waals surface area contributed by atoms with Crippen LogP contribution in [0.4, 0.5) is 0 Å². The molecule has 1 saturated carbocycles. The van der Waals surface area contributed by atoms with E-state index in [2.05, 4.69) is 12.3 Å². The van der Waals surface area contributed by atoms with Gasteiger partial charge >= 0.3 is 0 Å². The van der Waals surface area contributed by atoms with Crippen molar-refractivity contribution in [1.29, 1.82) is 0 Å². The number of hydrazine groups is 1. The summed E-state index contributed by atoms with van der Waals surface area (Å²) in [5.74, 6) is 7.01. The van der Waals surface area contributed by atoms with Gasteiger partial charge in [-0.15, -0.1) is 0 Å². The number of hydrogen-bond acceptors (Lipinski definition) is 2. The van der Waals surface area contributed by atoms with E-state index in [4.69, 9.17) is 29.0 Å². The van der Waals surface area contributed by atoms with Crippen molar-refractivity contribution in [3.05, 3.63) is 33.8 Å². The van der Waals surface area contributed by atoms with Gasteiger partial charge in [0.2, 0.25) is 0 Å². The zero-order chi connectivity index (χ0) is 13.1. The zero-order valence-electron chi connectivity index (χ0n) is 10.6. The molecule has 4 heteroatoms. The molecule has 0 aromatic heterocycles. The lowest BCUT2D eigenvalue weighted by Crippen LogP contribution is -2.36. The van der Waals surface area contributed by atoms with Gasteiger partial charge in [0.15, 0.2) is 0 Å². The van der Waals surface area contributed by atoms with Crippen LogP contribution in [-0.2, 0) is 0 Å². The van der Waals surface area contributed by atoms with Crippen molar-refractivity contribution < 1.29 is 0 Å². The van der Waals surface area contributed by atoms with E-state index >= 15 is 0 Å². The molecule has 1 aliphatic rings. The van der Waals surface area contributed by atoms with Crippen LogP contribution in [0.5, 0.6) is 0 Å². The van der Waals surface area contributed by atoms with Crippen molar-refractivity contribution >= 4 is 23.2 Å². The largest absolute Gasteiger partial charge is 0.271 e. The summed E-state index contributed by atoms with van der Waals surface area (Å²) in [4.78, 5) is 0. The Labute approximate surface area is 119 Å². The van der Waals surface area contributed by atoms with Crippen molar-refractivity contribution in [2.45, 2.75) is 38.6 Å². The Morgan fingerprint density at radius 3 is 2.50 bits per heavy atom. The van der Waals surface area contributed by atoms with E-state index in [1.807, 2.05) is 18.2 Å². The third kappa shape index (κ3) is 3.00. The smallest absolute Gasteiger partial charge is 0.0517 e. The van der Waals surface area contributed by atoms with Gasteiger partial charge < -0.3 is 0 Å². The summed E-state index contributed by atoms with van der Waals surface area (Å²) in [6, 6.07) is 5.67. The van der Waals surface area contributed by atoms with Gasteiger partial charge in [0.1, 0.15) is 0 Å². The van der Waals surface area contributed by atoms with Gasteiger partial charge in [0, 0.05) is 15.6 Å². The molecule has 18 heavy (non-hydrogen) atoms. The van der Waals surface area contributed by atoms with Crippen LogP contribution in [0.2, 0.25) is 10.0 Å². The summed E-state index contributed by atoms with van der Waals surface area (Å²) >= 11 is 12.6. The number of rotatable bonds is 3. The Hall–Kier alpha value is -0.280. The van der Waals surface area contributed by atoms with Crippen LogP contribution in [0.1, 0.15) is 44.2 Å². The zero-order valence-corrected chi connectivity index (χ0v) is 12.1. The van der Waals surface area contributed by atoms with Gasteiger partial charge in [0.25, 0.3) is 0 Å². The highest BCUT2D eigenvalue weighted by Gasteiger charge is 2.29. The summed E-state index contributed by atoms with van der Waals surface area (Å²) in [6.45, 7) is 2.30. The molecule has 2 rings (SSSR count). The van der Waals surface area contributed by atoms with Crippen LogP contribution in [0.15, 0.2) is 18.2 Å². The second kappa shape index (κ2) is 6.25. The van der Waals surface area contributed by atoms with Gasteiger partial charge in [-0.25, -0.2) is 0 Å². The molecule has 3 N–H and O–H groups in total. The number of hydrogen-bond donors (Lipinski definition) is 2. The molecule has 0 radical (unpaired) electrons. The maximum Gasteiger partial charge on any atom is 0.0517 e. The predicted octanol–water partition coefficient (Wildman–Crippen LogP) is 4.32. The first-order valence-corrected chi connectivity index (χ1v) is 7.29. The third-order valence-electron chi connectivity index (χ3n) is 3.94. The average Bonchev–Trinajstić information content (AvgIpc) is 2.34. The van der Waals surface area contributed by atoms with Gasteiger partial charge in [-0.05, 0) is 36.8 Å². The number of nitrogens with two attached hydrogens (primary N) is 1. The molecular weight excluding hydrogens is 267 g/mol. The molecule has 1 aliphatic carbocycles. The van der Waals surface area contributed by atoms with E-state index in [-0.39, 0.29) is 6.04 Å². The Morgan fingerprint density at radius 2 is 1.94 bits per heavy atom. The highest BCUT2D eigenvalue weighted by Crippen LogP contribution is 2.41. The molecule has 2 nitrogen and oxygen atoms in total. The monoisotopic (exact) mass is 286 g/mol. The second-order valence-corrected chi connectivity index (χ2v) is 6.13. The summed E-state index contributed by atoms with van der Waals surface area (Å²) in [5, 5.41) is 1.40. The number of nitrogens with one attached hydrogen (secondary N) is 1. The maximum absolute atomic E-state index is 6.28. The predicted molar refractivity (Wildman–Crippen MR) is 77.6 cm³/mol. The van der Waals surface area contributed by atoms with Crippen LogP contribution in [0.3, 0.4) is 0 Å². The van der Waals surface area contributed by atoms with Crippen LogP contribution >= 0.6 is 23.2 Å². The second-order valence-electron chi connectivity index (χ2n) is 5.31. The molecule has 3 unspecified atom stereocenters. The van der Waals surface area contributed by atoms with Crippen molar-refractivity contribution in [3.63, 3.8) is 0 Å². The average molecular weight is 287 g/mol. The van der Waals surface area contributed by atoms with E-state index in [9.17, 15) is 0 Å². The third-order valence-corrected chi connectivity index (χ3v) is 4.60. The van der Waals surface area contributed by atoms with Crippen molar-refractivity contribution in [1.82, 2.24) is 5.43 Å². The van der Waals surface area contributed by atoms with Crippen molar-refractivity contribution in [2.24, 2.45) is 17.7 Å². The first-order chi connectivity index (χ1) is 8.63. The lowest BCUT2D eigenvalue weighted by Gasteiger charge is -2.34. The van der Waals surface area contributed by atoms with Crippen molar-refractivity contribution in [2.75, 3.05) is 0 Å². The Bertz CT molecular complexity index is 389. The lowest BCUT2D eigenvalue weighted by molar-refractivity contribution is 0.224. The highest BCUT2D eigenvalue weighted by molar-refractivity contribution is 6.36. The van der Waals surface area contributed by atoms with E-state index in [0.29, 0.717) is 16.0 Å². The molecule has 0 saturated heterocycles. The molecule has 0 heterocycles. The van der Waals surface area contributed by atoms with E-state index in [1.165, 1.54) is 25.7 Å². The molecule has 0 spiro atoms. The van der Waals surface area contributed by atoms with Gasteiger partial charge in [-0.3, -0.25) is 11.3 Å². The van der Waals surface area contributed by atoms with Crippen LogP contribution in [0, 0.1) is 11.8 Å². The standard InChI is InChI=1S/C14H20Cl2N2/c1-9-4-2-5-10(8-9)14(18-17)13-11(15)6-3-7-12(13)16/h3,6-7,9-10,14,18H,2,4-5,8,17H2,1H3. The summed E-state index contributed by atoms with van der Waals surface area (Å²) in [6.07, 6.45) is 4.92. The van der Waals surface area contributed by atoms with Gasteiger partial charge in [-0.2, -0.15) is 0 Å². The molecule has 100 valence electrons. The Balaban J connectivity index is 2.27. The Kier molecular flexibility index (Phi) is 4.91. The quantitative estimate of drug-likeness (QED) is 0.641. The molecule has 1 aromatic rings. The molecular formula is C14H20Cl2N2. The maximum atomic E-state index is 6.28. The SMILES string of the molecule is CC1CCCC(C(NN)c2c(Cl)cccc2Cl)C1. The summed E-state index contributed by atoms with van der Waals surface area (Å²) in [5.41, 5.74) is 3.87. The summed E-state index contributed by atoms with van der Waals surface area (Å²) < 4.78 is 0. The Morgan fingerprint density at radius 1 is 1.28 bits per heavy atom. The molecule has 1 fully saturated rings. The van der Waals surface area contributed by atoms with Gasteiger partial charge in [-0.1, -0.05) is 49.0 Å². The highest BCUT2D eigenvalue weighted by atomic mass is 35.5. The van der Waals surface area contributed by atoms with Crippen molar-refractivity contribution in [3.8, 4) is 0 Å². The number of halogens is 2. The van der Waals surface area contributed by atoms with Gasteiger partial charge in [0.05, 0.1) is 6.04 Å². The van der Waals surface area contributed by atoms with E-state index < -0.39 is 0 Å². The minimum atomic E-state index is 0.0500. The fourth-order valence-electron chi connectivity index (χ4n) is 3.05. The lowest BCUT2D eigenvalue weighted by atomic mass is 9.77. The minimum Gasteiger partial charge on any atom is -0.271 e. The van der Waals surface area contributed by atoms with E-state index in [0.717, 1.165) is 11.5 Å². The molecule has 1 aromatic carbocycles. The van der Waals surface area contributed by atoms with E-state index in [1.54, 1.807) is 0 Å². The van der Waals surface area contributed by atoms with Crippen LogP contribution in [-0.4, -0.2) is 0 Å². The molecule has 0 bridgehead atoms. The molecule has 0 aliphatic heterocycles.